The zero-order valence-electron chi connectivity index (χ0n) is 7.01. The highest BCUT2D eigenvalue weighted by Crippen LogP contribution is 2.04. The number of carboxylic acids is 1. The van der Waals surface area contributed by atoms with Crippen molar-refractivity contribution in [3.05, 3.63) is 0 Å². The molecule has 0 aliphatic carbocycles. The first kappa shape index (κ1) is 11.2. The third-order valence-corrected chi connectivity index (χ3v) is 3.32. The van der Waals surface area contributed by atoms with Crippen molar-refractivity contribution in [2.24, 2.45) is 0 Å². The van der Waals surface area contributed by atoms with E-state index in [9.17, 15) is 4.79 Å². The molecular formula is C7H15INO2+. The van der Waals surface area contributed by atoms with Crippen molar-refractivity contribution in [1.82, 2.24) is 0 Å². The van der Waals surface area contributed by atoms with Gasteiger partial charge in [0.05, 0.1) is 27.1 Å². The van der Waals surface area contributed by atoms with Crippen LogP contribution in [0, 0.1) is 0 Å². The molecule has 0 amide bonds. The maximum atomic E-state index is 10.2. The Bertz CT molecular complexity index is 136. The summed E-state index contributed by atoms with van der Waals surface area (Å²) in [5.41, 5.74) is 0. The van der Waals surface area contributed by atoms with Crippen LogP contribution in [0.25, 0.3) is 0 Å². The minimum absolute atomic E-state index is 0.290. The summed E-state index contributed by atoms with van der Waals surface area (Å²) in [4.78, 5) is 10.2. The molecule has 0 atom stereocenters. The second kappa shape index (κ2) is 4.92. The zero-order chi connectivity index (χ0) is 8.91. The molecule has 3 nitrogen and oxygen atoms in total. The Morgan fingerprint density at radius 1 is 1.55 bits per heavy atom. The van der Waals surface area contributed by atoms with Gasteiger partial charge in [0.1, 0.15) is 4.55 Å². The van der Waals surface area contributed by atoms with E-state index in [4.69, 9.17) is 5.11 Å². The van der Waals surface area contributed by atoms with E-state index in [0.717, 1.165) is 22.0 Å². The molecule has 0 saturated carbocycles. The summed E-state index contributed by atoms with van der Waals surface area (Å²) in [5.74, 6) is -0.696. The number of nitrogens with zero attached hydrogens (tertiary/aromatic N) is 1. The van der Waals surface area contributed by atoms with Crippen molar-refractivity contribution < 1.29 is 14.4 Å². The van der Waals surface area contributed by atoms with E-state index in [1.807, 2.05) is 0 Å². The molecule has 0 aromatic heterocycles. The van der Waals surface area contributed by atoms with Crippen LogP contribution in [0.5, 0.6) is 0 Å². The topological polar surface area (TPSA) is 37.3 Å². The summed E-state index contributed by atoms with van der Waals surface area (Å²) in [5, 5.41) is 8.37. The predicted molar refractivity (Wildman–Crippen MR) is 52.7 cm³/mol. The van der Waals surface area contributed by atoms with Crippen LogP contribution in [0.15, 0.2) is 0 Å². The summed E-state index contributed by atoms with van der Waals surface area (Å²) >= 11 is 2.31. The molecule has 0 radical (unpaired) electrons. The highest BCUT2D eigenvalue weighted by atomic mass is 127. The van der Waals surface area contributed by atoms with Crippen LogP contribution in [0.2, 0.25) is 0 Å². The van der Waals surface area contributed by atoms with E-state index in [0.29, 0.717) is 6.42 Å². The van der Waals surface area contributed by atoms with Crippen molar-refractivity contribution >= 4 is 28.6 Å². The van der Waals surface area contributed by atoms with Gasteiger partial charge in [-0.05, 0) is 22.6 Å². The summed E-state index contributed by atoms with van der Waals surface area (Å²) in [6.07, 6.45) is 1.06. The lowest BCUT2D eigenvalue weighted by Crippen LogP contribution is -2.38. The van der Waals surface area contributed by atoms with Crippen LogP contribution in [0.3, 0.4) is 0 Å². The summed E-state index contributed by atoms with van der Waals surface area (Å²) in [6.45, 7) is 0.940. The first-order valence-corrected chi connectivity index (χ1v) is 5.10. The fourth-order valence-corrected chi connectivity index (χ4v) is 1.06. The van der Waals surface area contributed by atoms with Crippen molar-refractivity contribution in [2.45, 2.75) is 12.8 Å². The fraction of sp³-hybridized carbons (Fsp3) is 0.857. The Balaban J connectivity index is 3.45. The molecular weight excluding hydrogens is 257 g/mol. The predicted octanol–water partition coefficient (Wildman–Crippen LogP) is 1.32. The first-order chi connectivity index (χ1) is 4.98. The molecule has 0 unspecified atom stereocenters. The number of quaternary nitrogens is 1. The van der Waals surface area contributed by atoms with Gasteiger partial charge < -0.3 is 9.59 Å². The number of halogens is 1. The van der Waals surface area contributed by atoms with Crippen LogP contribution in [0.1, 0.15) is 12.8 Å². The average Bonchev–Trinajstić information content (AvgIpc) is 1.87. The van der Waals surface area contributed by atoms with Crippen LogP contribution < -0.4 is 0 Å². The SMILES string of the molecule is C[N+](C)(CI)CCCC(=O)O. The molecule has 0 bridgehead atoms. The number of alkyl halides is 1. The lowest BCUT2D eigenvalue weighted by Gasteiger charge is -2.26. The van der Waals surface area contributed by atoms with Gasteiger partial charge in [-0.1, -0.05) is 0 Å². The summed E-state index contributed by atoms with van der Waals surface area (Å²) in [6, 6.07) is 0. The molecule has 0 spiro atoms. The lowest BCUT2D eigenvalue weighted by atomic mass is 10.3. The molecule has 0 fully saturated rings. The third kappa shape index (κ3) is 6.55. The molecule has 0 rings (SSSR count). The normalized spacial score (nSPS) is 11.5. The van der Waals surface area contributed by atoms with Crippen molar-refractivity contribution in [2.75, 3.05) is 25.2 Å². The van der Waals surface area contributed by atoms with E-state index >= 15 is 0 Å². The molecule has 0 aromatic carbocycles. The minimum Gasteiger partial charge on any atom is -0.481 e. The monoisotopic (exact) mass is 272 g/mol. The Labute approximate surface area is 81.1 Å². The molecule has 11 heavy (non-hydrogen) atoms. The third-order valence-electron chi connectivity index (χ3n) is 1.48. The van der Waals surface area contributed by atoms with Crippen molar-refractivity contribution in [3.8, 4) is 0 Å². The molecule has 1 N–H and O–H groups in total. The van der Waals surface area contributed by atoms with Gasteiger partial charge in [-0.3, -0.25) is 4.79 Å². The maximum absolute atomic E-state index is 10.2. The highest BCUT2D eigenvalue weighted by molar-refractivity contribution is 14.1. The van der Waals surface area contributed by atoms with Crippen LogP contribution in [0.4, 0.5) is 0 Å². The Kier molecular flexibility index (Phi) is 4.99. The lowest BCUT2D eigenvalue weighted by molar-refractivity contribution is -0.874. The number of rotatable bonds is 5. The van der Waals surface area contributed by atoms with Crippen LogP contribution in [-0.4, -0.2) is 40.8 Å². The van der Waals surface area contributed by atoms with Crippen LogP contribution >= 0.6 is 22.6 Å². The van der Waals surface area contributed by atoms with Gasteiger partial charge in [-0.15, -0.1) is 0 Å². The van der Waals surface area contributed by atoms with Gasteiger partial charge in [0.25, 0.3) is 0 Å². The average molecular weight is 272 g/mol. The van der Waals surface area contributed by atoms with Crippen molar-refractivity contribution in [3.63, 3.8) is 0 Å². The largest absolute Gasteiger partial charge is 0.481 e. The Hall–Kier alpha value is 0.160. The molecule has 0 aliphatic heterocycles. The second-order valence-electron chi connectivity index (χ2n) is 3.28. The molecule has 0 aliphatic rings. The number of carbonyl (C=O) groups is 1. The number of carboxylic acid groups (broad SMARTS) is 1. The van der Waals surface area contributed by atoms with Gasteiger partial charge in [-0.2, -0.15) is 0 Å². The Morgan fingerprint density at radius 2 is 2.09 bits per heavy atom. The quantitative estimate of drug-likeness (QED) is 0.355. The number of hydrogen-bond acceptors (Lipinski definition) is 1. The summed E-state index contributed by atoms with van der Waals surface area (Å²) in [7, 11) is 4.21. The summed E-state index contributed by atoms with van der Waals surface area (Å²) < 4.78 is 1.92. The molecule has 0 heterocycles. The van der Waals surface area contributed by atoms with E-state index in [1.54, 1.807) is 0 Å². The smallest absolute Gasteiger partial charge is 0.303 e. The van der Waals surface area contributed by atoms with Gasteiger partial charge >= 0.3 is 5.97 Å². The maximum Gasteiger partial charge on any atom is 0.303 e. The highest BCUT2D eigenvalue weighted by Gasteiger charge is 2.12. The van der Waals surface area contributed by atoms with Gasteiger partial charge in [0, 0.05) is 6.42 Å². The van der Waals surface area contributed by atoms with E-state index in [1.165, 1.54) is 0 Å². The van der Waals surface area contributed by atoms with Crippen LogP contribution in [-0.2, 0) is 4.79 Å². The zero-order valence-corrected chi connectivity index (χ0v) is 9.17. The molecule has 4 heteroatoms. The number of aliphatic carboxylic acids is 1. The fourth-order valence-electron chi connectivity index (χ4n) is 0.718. The van der Waals surface area contributed by atoms with Gasteiger partial charge in [0.2, 0.25) is 0 Å². The minimum atomic E-state index is -0.696. The Morgan fingerprint density at radius 3 is 2.45 bits per heavy atom. The second-order valence-corrected chi connectivity index (χ2v) is 3.96. The van der Waals surface area contributed by atoms with E-state index in [2.05, 4.69) is 36.7 Å². The molecule has 66 valence electrons. The van der Waals surface area contributed by atoms with E-state index in [-0.39, 0.29) is 0 Å². The molecule has 0 aromatic rings. The van der Waals surface area contributed by atoms with Crippen molar-refractivity contribution in [1.29, 1.82) is 0 Å². The standard InChI is InChI=1S/C7H14INO2/c1-9(2,6-8)5-3-4-7(10)11/h3-6H2,1-2H3/p+1. The van der Waals surface area contributed by atoms with Gasteiger partial charge in [0.15, 0.2) is 0 Å². The van der Waals surface area contributed by atoms with E-state index < -0.39 is 5.97 Å². The number of hydrogen-bond donors (Lipinski definition) is 1. The molecule has 0 saturated heterocycles. The first-order valence-electron chi connectivity index (χ1n) is 3.58. The van der Waals surface area contributed by atoms with Gasteiger partial charge in [-0.25, -0.2) is 0 Å².